The molecule has 0 saturated heterocycles. The lowest BCUT2D eigenvalue weighted by Crippen LogP contribution is -2.35. The van der Waals surface area contributed by atoms with Crippen molar-refractivity contribution in [1.82, 2.24) is 15.2 Å². The van der Waals surface area contributed by atoms with Gasteiger partial charge in [-0.25, -0.2) is 4.39 Å². The number of benzene rings is 2. The fraction of sp³-hybridized carbons (Fsp3) is 0.286. The maximum absolute atomic E-state index is 14.9. The Morgan fingerprint density at radius 3 is 2.44 bits per heavy atom. The minimum atomic E-state index is -4.90. The number of hydrogen-bond acceptors (Lipinski definition) is 3. The molecule has 6 nitrogen and oxygen atoms in total. The molecule has 0 bridgehead atoms. The number of aromatic amines is 1. The number of likely N-dealkylation sites (N-methyl/N-ethyl adjacent to an activating group) is 1. The van der Waals surface area contributed by atoms with Gasteiger partial charge < -0.3 is 20.5 Å². The maximum Gasteiger partial charge on any atom is 0.419 e. The first kappa shape index (κ1) is 28.4. The van der Waals surface area contributed by atoms with Crippen LogP contribution in [-0.2, 0) is 11.0 Å². The summed E-state index contributed by atoms with van der Waals surface area (Å²) in [6, 6.07) is 9.10. The Bertz CT molecular complexity index is 1460. The van der Waals surface area contributed by atoms with Gasteiger partial charge in [-0.05, 0) is 43.8 Å². The minimum absolute atomic E-state index is 0.00214. The number of hydrogen-bond donors (Lipinski definition) is 3. The molecular weight excluding hydrogens is 536 g/mol. The highest BCUT2D eigenvalue weighted by Crippen LogP contribution is 2.44. The lowest BCUT2D eigenvalue weighted by molar-refractivity contribution is -0.138. The Kier molecular flexibility index (Phi) is 8.17. The molecule has 0 saturated carbocycles. The number of carbonyl (C=O) groups excluding carboxylic acids is 2. The van der Waals surface area contributed by atoms with E-state index in [-0.39, 0.29) is 39.5 Å². The second-order valence-electron chi connectivity index (χ2n) is 9.04. The number of aromatic nitrogens is 1. The van der Waals surface area contributed by atoms with Crippen LogP contribution in [0, 0.1) is 12.7 Å². The average Bonchev–Trinajstić information content (AvgIpc) is 3.39. The first-order valence-electron chi connectivity index (χ1n) is 12.4. The van der Waals surface area contributed by atoms with Gasteiger partial charge in [-0.2, -0.15) is 13.2 Å². The van der Waals surface area contributed by atoms with E-state index in [4.69, 9.17) is 11.6 Å². The number of anilines is 1. The number of H-pyrrole nitrogens is 1. The highest BCUT2D eigenvalue weighted by atomic mass is 35.5. The van der Waals surface area contributed by atoms with Crippen LogP contribution >= 0.6 is 11.6 Å². The number of fused-ring (bicyclic) bond motifs is 1. The molecule has 2 aromatic carbocycles. The molecule has 0 atom stereocenters. The molecule has 39 heavy (non-hydrogen) atoms. The summed E-state index contributed by atoms with van der Waals surface area (Å²) in [5.41, 5.74) is -1.36. The topological polar surface area (TPSA) is 77.2 Å². The van der Waals surface area contributed by atoms with Crippen LogP contribution in [0.15, 0.2) is 36.4 Å². The number of nitrogens with zero attached hydrogens (tertiary/aromatic N) is 1. The molecule has 1 aromatic heterocycles. The van der Waals surface area contributed by atoms with Crippen LogP contribution in [0.25, 0.3) is 22.8 Å². The molecule has 3 N–H and O–H groups in total. The van der Waals surface area contributed by atoms with E-state index in [1.165, 1.54) is 25.1 Å². The summed E-state index contributed by atoms with van der Waals surface area (Å²) in [7, 11) is 0. The first-order valence-corrected chi connectivity index (χ1v) is 12.8. The van der Waals surface area contributed by atoms with Gasteiger partial charge in [-0.1, -0.05) is 49.7 Å². The predicted molar refractivity (Wildman–Crippen MR) is 144 cm³/mol. The van der Waals surface area contributed by atoms with Crippen molar-refractivity contribution in [2.75, 3.05) is 31.5 Å². The number of amides is 2. The monoisotopic (exact) mass is 562 g/mol. The Balaban J connectivity index is 1.81. The number of halogens is 5. The first-order chi connectivity index (χ1) is 18.5. The minimum Gasteiger partial charge on any atom is -0.358 e. The van der Waals surface area contributed by atoms with Gasteiger partial charge in [0, 0.05) is 35.6 Å². The molecule has 0 unspecified atom stereocenters. The second-order valence-corrected chi connectivity index (χ2v) is 9.44. The van der Waals surface area contributed by atoms with Gasteiger partial charge in [-0.15, -0.1) is 0 Å². The quantitative estimate of drug-likeness (QED) is 0.221. The van der Waals surface area contributed by atoms with Gasteiger partial charge in [0.15, 0.2) is 0 Å². The fourth-order valence-electron chi connectivity index (χ4n) is 4.76. The summed E-state index contributed by atoms with van der Waals surface area (Å²) in [6.07, 6.45) is -3.85. The third-order valence-corrected chi connectivity index (χ3v) is 6.98. The number of aryl methyl sites for hydroxylation is 1. The fourth-order valence-corrected chi connectivity index (χ4v) is 4.93. The zero-order valence-electron chi connectivity index (χ0n) is 21.5. The molecule has 0 radical (unpaired) electrons. The van der Waals surface area contributed by atoms with Crippen molar-refractivity contribution in [2.24, 2.45) is 0 Å². The third kappa shape index (κ3) is 5.58. The van der Waals surface area contributed by atoms with E-state index in [9.17, 15) is 27.2 Å². The highest BCUT2D eigenvalue weighted by molar-refractivity contribution is 6.36. The summed E-state index contributed by atoms with van der Waals surface area (Å²) < 4.78 is 58.0. The van der Waals surface area contributed by atoms with E-state index >= 15 is 0 Å². The normalized spacial score (nSPS) is 14.2. The molecule has 1 aliphatic rings. The highest BCUT2D eigenvalue weighted by Gasteiger charge is 2.41. The van der Waals surface area contributed by atoms with E-state index in [1.54, 1.807) is 18.2 Å². The SMILES string of the molecule is CCN(CC)CCNC(=O)c1c(C)[nH]c(/C=C2\C(=O)Nc3cccc(-c4cccc(Cl)c4F)c32)c1C(F)(F)F. The Morgan fingerprint density at radius 2 is 1.77 bits per heavy atom. The van der Waals surface area contributed by atoms with Gasteiger partial charge in [0.1, 0.15) is 5.82 Å². The molecule has 1 aliphatic heterocycles. The van der Waals surface area contributed by atoms with Gasteiger partial charge in [0.25, 0.3) is 11.8 Å². The average molecular weight is 563 g/mol. The summed E-state index contributed by atoms with van der Waals surface area (Å²) in [5.74, 6) is -2.25. The van der Waals surface area contributed by atoms with Crippen molar-refractivity contribution in [1.29, 1.82) is 0 Å². The van der Waals surface area contributed by atoms with Gasteiger partial charge in [-0.3, -0.25) is 9.59 Å². The molecule has 3 aromatic rings. The molecular formula is C28H27ClF4N4O2. The predicted octanol–water partition coefficient (Wildman–Crippen LogP) is 6.37. The maximum atomic E-state index is 14.9. The number of alkyl halides is 3. The molecule has 4 rings (SSSR count). The van der Waals surface area contributed by atoms with E-state index in [1.807, 2.05) is 18.7 Å². The van der Waals surface area contributed by atoms with Crippen LogP contribution < -0.4 is 10.6 Å². The largest absolute Gasteiger partial charge is 0.419 e. The Labute approximate surface area is 228 Å². The number of carbonyl (C=O) groups is 2. The lowest BCUT2D eigenvalue weighted by atomic mass is 9.93. The van der Waals surface area contributed by atoms with E-state index in [0.717, 1.165) is 19.2 Å². The summed E-state index contributed by atoms with van der Waals surface area (Å²) in [6.45, 7) is 7.41. The standard InChI is InChI=1S/C28H27ClF4N4O2/c1-4-37(5-2)13-12-34-27(39)22-15(3)35-21(24(22)28(31,32)33)14-18-23-16(8-7-11-20(23)36-26(18)38)17-9-6-10-19(29)25(17)30/h6-11,14,35H,4-5,12-13H2,1-3H3,(H,34,39)(H,36,38)/b18-14-. The Morgan fingerprint density at radius 1 is 1.10 bits per heavy atom. The van der Waals surface area contributed by atoms with Crippen LogP contribution in [0.1, 0.15) is 46.7 Å². The van der Waals surface area contributed by atoms with E-state index in [0.29, 0.717) is 12.2 Å². The van der Waals surface area contributed by atoms with Gasteiger partial charge >= 0.3 is 6.18 Å². The second kappa shape index (κ2) is 11.2. The molecule has 0 spiro atoms. The van der Waals surface area contributed by atoms with Crippen molar-refractivity contribution in [3.05, 3.63) is 75.3 Å². The molecule has 11 heteroatoms. The van der Waals surface area contributed by atoms with Crippen molar-refractivity contribution in [2.45, 2.75) is 26.9 Å². The third-order valence-electron chi connectivity index (χ3n) is 6.69. The van der Waals surface area contributed by atoms with Crippen LogP contribution in [0.2, 0.25) is 5.02 Å². The van der Waals surface area contributed by atoms with Crippen molar-refractivity contribution >= 4 is 40.8 Å². The number of rotatable bonds is 8. The molecule has 2 heterocycles. The summed E-state index contributed by atoms with van der Waals surface area (Å²) in [4.78, 5) is 30.5. The molecule has 206 valence electrons. The van der Waals surface area contributed by atoms with Crippen LogP contribution in [0.4, 0.5) is 23.2 Å². The van der Waals surface area contributed by atoms with Gasteiger partial charge in [0.05, 0.1) is 27.4 Å². The van der Waals surface area contributed by atoms with Crippen molar-refractivity contribution in [3.63, 3.8) is 0 Å². The Hall–Kier alpha value is -3.63. The van der Waals surface area contributed by atoms with E-state index < -0.39 is 40.6 Å². The zero-order chi connectivity index (χ0) is 28.5. The molecule has 0 aliphatic carbocycles. The summed E-state index contributed by atoms with van der Waals surface area (Å²) in [5, 5.41) is 5.06. The molecule has 0 fully saturated rings. The van der Waals surface area contributed by atoms with Crippen molar-refractivity contribution < 1.29 is 27.2 Å². The zero-order valence-corrected chi connectivity index (χ0v) is 22.3. The number of nitrogens with one attached hydrogen (secondary N) is 3. The smallest absolute Gasteiger partial charge is 0.358 e. The van der Waals surface area contributed by atoms with Crippen molar-refractivity contribution in [3.8, 4) is 11.1 Å². The lowest BCUT2D eigenvalue weighted by Gasteiger charge is -2.18. The van der Waals surface area contributed by atoms with Crippen LogP contribution in [-0.4, -0.2) is 47.9 Å². The summed E-state index contributed by atoms with van der Waals surface area (Å²) >= 11 is 5.96. The molecule has 2 amide bonds. The van der Waals surface area contributed by atoms with Crippen LogP contribution in [0.3, 0.4) is 0 Å². The van der Waals surface area contributed by atoms with Gasteiger partial charge in [0.2, 0.25) is 0 Å². The van der Waals surface area contributed by atoms with E-state index in [2.05, 4.69) is 15.6 Å². The van der Waals surface area contributed by atoms with Crippen LogP contribution in [0.5, 0.6) is 0 Å².